The summed E-state index contributed by atoms with van der Waals surface area (Å²) in [7, 11) is 0. The van der Waals surface area contributed by atoms with E-state index in [-0.39, 0.29) is 18.1 Å². The monoisotopic (exact) mass is 437 g/mol. The lowest BCUT2D eigenvalue weighted by atomic mass is 10.2. The van der Waals surface area contributed by atoms with Gasteiger partial charge in [-0.2, -0.15) is 5.10 Å². The second-order valence-corrected chi connectivity index (χ2v) is 7.37. The number of ether oxygens (including phenoxy) is 1. The molecule has 0 aliphatic carbocycles. The van der Waals surface area contributed by atoms with Crippen LogP contribution in [0.2, 0.25) is 0 Å². The Morgan fingerprint density at radius 1 is 1.09 bits per heavy atom. The summed E-state index contributed by atoms with van der Waals surface area (Å²) in [6.07, 6.45) is 0. The highest BCUT2D eigenvalue weighted by Gasteiger charge is 2.13. The summed E-state index contributed by atoms with van der Waals surface area (Å²) in [6.45, 7) is 4.42. The molecule has 0 saturated heterocycles. The molecule has 164 valence electrons. The number of amides is 1. The molecule has 0 fully saturated rings. The minimum absolute atomic E-state index is 0.0899. The maximum atomic E-state index is 13.7. The number of anilines is 1. The van der Waals surface area contributed by atoms with Gasteiger partial charge in [-0.05, 0) is 61.9 Å². The van der Waals surface area contributed by atoms with Crippen LogP contribution in [0.3, 0.4) is 0 Å². The number of aryl methyl sites for hydroxylation is 2. The van der Waals surface area contributed by atoms with Crippen molar-refractivity contribution in [1.29, 1.82) is 0 Å². The van der Waals surface area contributed by atoms with Crippen LogP contribution < -0.4 is 10.1 Å². The lowest BCUT2D eigenvalue weighted by molar-refractivity contribution is 0.0992. The lowest BCUT2D eigenvalue weighted by Gasteiger charge is -2.08. The zero-order chi connectivity index (χ0) is 22.7. The molecule has 1 amide bonds. The van der Waals surface area contributed by atoms with Crippen LogP contribution in [-0.4, -0.2) is 15.7 Å². The molecular weight excluding hydrogens is 416 g/mol. The first-order valence-electron chi connectivity index (χ1n) is 9.95. The Bertz CT molecular complexity index is 1260. The van der Waals surface area contributed by atoms with E-state index in [9.17, 15) is 13.6 Å². The average Bonchev–Trinajstić information content (AvgIpc) is 3.34. The molecule has 0 unspecified atom stereocenters. The summed E-state index contributed by atoms with van der Waals surface area (Å²) >= 11 is 0. The quantitative estimate of drug-likeness (QED) is 0.429. The van der Waals surface area contributed by atoms with Crippen LogP contribution in [0.1, 0.15) is 33.3 Å². The Hall–Kier alpha value is -3.94. The van der Waals surface area contributed by atoms with Crippen molar-refractivity contribution in [3.8, 4) is 5.75 Å². The Morgan fingerprint density at radius 3 is 2.69 bits per heavy atom. The van der Waals surface area contributed by atoms with Crippen molar-refractivity contribution in [2.75, 3.05) is 5.32 Å². The van der Waals surface area contributed by atoms with Crippen molar-refractivity contribution < 1.29 is 22.7 Å². The van der Waals surface area contributed by atoms with Crippen LogP contribution >= 0.6 is 0 Å². The maximum absolute atomic E-state index is 13.7. The van der Waals surface area contributed by atoms with Gasteiger partial charge in [-0.3, -0.25) is 9.48 Å². The number of hydrogen-bond acceptors (Lipinski definition) is 4. The van der Waals surface area contributed by atoms with Gasteiger partial charge in [-0.15, -0.1) is 0 Å². The smallest absolute Gasteiger partial charge is 0.291 e. The standard InChI is InChI=1S/C24H21F2N3O3/c1-15-10-16(2)29(28-15)13-17-4-3-5-19(11-17)27-24(30)23-9-7-20(32-23)14-31-22-8-6-18(25)12-21(22)26/h3-12H,13-14H2,1-2H3,(H,27,30). The number of rotatable bonds is 7. The van der Waals surface area contributed by atoms with Gasteiger partial charge < -0.3 is 14.5 Å². The third-order valence-corrected chi connectivity index (χ3v) is 4.77. The average molecular weight is 437 g/mol. The molecule has 8 heteroatoms. The van der Waals surface area contributed by atoms with Gasteiger partial charge in [0.05, 0.1) is 12.2 Å². The fraction of sp³-hybridized carbons (Fsp3) is 0.167. The minimum atomic E-state index is -0.810. The second-order valence-electron chi connectivity index (χ2n) is 7.37. The second kappa shape index (κ2) is 9.05. The van der Waals surface area contributed by atoms with E-state index in [1.54, 1.807) is 12.1 Å². The van der Waals surface area contributed by atoms with Crippen LogP contribution in [0, 0.1) is 25.5 Å². The van der Waals surface area contributed by atoms with E-state index in [0.29, 0.717) is 18.0 Å². The number of nitrogens with zero attached hydrogens (tertiary/aromatic N) is 2. The molecule has 1 N–H and O–H groups in total. The predicted octanol–water partition coefficient (Wildman–Crippen LogP) is 5.25. The Morgan fingerprint density at radius 2 is 1.94 bits per heavy atom. The van der Waals surface area contributed by atoms with Crippen molar-refractivity contribution in [2.24, 2.45) is 0 Å². The molecule has 6 nitrogen and oxygen atoms in total. The molecule has 0 aliphatic rings. The van der Waals surface area contributed by atoms with Crippen LogP contribution in [0.4, 0.5) is 14.5 Å². The topological polar surface area (TPSA) is 69.3 Å². The van der Waals surface area contributed by atoms with E-state index in [1.807, 2.05) is 42.8 Å². The van der Waals surface area contributed by atoms with Crippen LogP contribution in [0.15, 0.2) is 65.1 Å². The van der Waals surface area contributed by atoms with E-state index in [1.165, 1.54) is 12.1 Å². The Kier molecular flexibility index (Phi) is 6.02. The number of aromatic nitrogens is 2. The minimum Gasteiger partial charge on any atom is -0.483 e. The number of furan rings is 1. The first-order valence-corrected chi connectivity index (χ1v) is 9.95. The van der Waals surface area contributed by atoms with Crippen molar-refractivity contribution >= 4 is 11.6 Å². The van der Waals surface area contributed by atoms with Gasteiger partial charge in [0.25, 0.3) is 5.91 Å². The first-order chi connectivity index (χ1) is 15.4. The molecule has 4 aromatic rings. The SMILES string of the molecule is Cc1cc(C)n(Cc2cccc(NC(=O)c3ccc(COc4ccc(F)cc4F)o3)c2)n1. The number of carbonyl (C=O) groups excluding carboxylic acids is 1. The van der Waals surface area contributed by atoms with E-state index < -0.39 is 17.5 Å². The van der Waals surface area contributed by atoms with Gasteiger partial charge in [0, 0.05) is 17.4 Å². The van der Waals surface area contributed by atoms with Crippen LogP contribution in [0.25, 0.3) is 0 Å². The molecule has 4 rings (SSSR count). The molecular formula is C24H21F2N3O3. The Balaban J connectivity index is 1.38. The third-order valence-electron chi connectivity index (χ3n) is 4.77. The van der Waals surface area contributed by atoms with Gasteiger partial charge in [0.2, 0.25) is 0 Å². The highest BCUT2D eigenvalue weighted by atomic mass is 19.1. The van der Waals surface area contributed by atoms with Gasteiger partial charge in [-0.25, -0.2) is 8.78 Å². The normalized spacial score (nSPS) is 10.9. The first kappa shape index (κ1) is 21.3. The largest absolute Gasteiger partial charge is 0.483 e. The molecule has 0 atom stereocenters. The molecule has 2 aromatic heterocycles. The van der Waals surface area contributed by atoms with E-state index in [2.05, 4.69) is 10.4 Å². The summed E-state index contributed by atoms with van der Waals surface area (Å²) in [5.41, 5.74) is 3.62. The molecule has 0 radical (unpaired) electrons. The van der Waals surface area contributed by atoms with Crippen molar-refractivity contribution in [3.63, 3.8) is 0 Å². The molecule has 0 spiro atoms. The Labute approximate surface area is 183 Å². The molecule has 0 saturated carbocycles. The van der Waals surface area contributed by atoms with E-state index >= 15 is 0 Å². The number of carbonyl (C=O) groups is 1. The number of nitrogens with one attached hydrogen (secondary N) is 1. The molecule has 2 aromatic carbocycles. The summed E-state index contributed by atoms with van der Waals surface area (Å²) in [6, 6.07) is 15.6. The third kappa shape index (κ3) is 5.03. The highest BCUT2D eigenvalue weighted by molar-refractivity contribution is 6.02. The predicted molar refractivity (Wildman–Crippen MR) is 115 cm³/mol. The fourth-order valence-electron chi connectivity index (χ4n) is 3.27. The zero-order valence-electron chi connectivity index (χ0n) is 17.6. The highest BCUT2D eigenvalue weighted by Crippen LogP contribution is 2.20. The summed E-state index contributed by atoms with van der Waals surface area (Å²) in [5.74, 6) is -1.61. The molecule has 0 bridgehead atoms. The van der Waals surface area contributed by atoms with Crippen molar-refractivity contribution in [3.05, 3.63) is 101 Å². The van der Waals surface area contributed by atoms with Gasteiger partial charge in [-0.1, -0.05) is 12.1 Å². The van der Waals surface area contributed by atoms with Crippen molar-refractivity contribution in [2.45, 2.75) is 27.0 Å². The maximum Gasteiger partial charge on any atom is 0.291 e. The van der Waals surface area contributed by atoms with Crippen LogP contribution in [-0.2, 0) is 13.2 Å². The van der Waals surface area contributed by atoms with E-state index in [4.69, 9.17) is 9.15 Å². The van der Waals surface area contributed by atoms with Gasteiger partial charge >= 0.3 is 0 Å². The molecule has 0 aliphatic heterocycles. The summed E-state index contributed by atoms with van der Waals surface area (Å²) in [5, 5.41) is 7.26. The number of benzene rings is 2. The van der Waals surface area contributed by atoms with Crippen LogP contribution in [0.5, 0.6) is 5.75 Å². The van der Waals surface area contributed by atoms with Gasteiger partial charge in [0.1, 0.15) is 18.2 Å². The molecule has 2 heterocycles. The lowest BCUT2D eigenvalue weighted by Crippen LogP contribution is -2.11. The summed E-state index contributed by atoms with van der Waals surface area (Å²) in [4.78, 5) is 12.6. The fourth-order valence-corrected chi connectivity index (χ4v) is 3.27. The number of hydrogen-bond donors (Lipinski definition) is 1. The van der Waals surface area contributed by atoms with Crippen molar-refractivity contribution in [1.82, 2.24) is 9.78 Å². The molecule has 32 heavy (non-hydrogen) atoms. The number of halogens is 2. The van der Waals surface area contributed by atoms with Gasteiger partial charge in [0.15, 0.2) is 17.3 Å². The van der Waals surface area contributed by atoms with E-state index in [0.717, 1.165) is 29.1 Å². The summed E-state index contributed by atoms with van der Waals surface area (Å²) < 4.78 is 39.3. The zero-order valence-corrected chi connectivity index (χ0v) is 17.6.